The number of hydrogen-bond acceptors (Lipinski definition) is 5. The molecule has 0 unspecified atom stereocenters. The topological polar surface area (TPSA) is 45.7 Å². The van der Waals surface area contributed by atoms with Gasteiger partial charge in [0.1, 0.15) is 0 Å². The van der Waals surface area contributed by atoms with Crippen LogP contribution >= 0.6 is 0 Å². The Morgan fingerprint density at radius 1 is 1.20 bits per heavy atom. The van der Waals surface area contributed by atoms with Gasteiger partial charge in [0.2, 0.25) is 0 Å². The average Bonchev–Trinajstić information content (AvgIpc) is 2.49. The molecule has 5 nitrogen and oxygen atoms in total. The van der Waals surface area contributed by atoms with Crippen LogP contribution in [0.1, 0.15) is 32.6 Å². The van der Waals surface area contributed by atoms with Gasteiger partial charge in [-0.15, -0.1) is 5.06 Å². The van der Waals surface area contributed by atoms with E-state index in [4.69, 9.17) is 4.84 Å². The molecule has 110 valence electrons. The first-order valence-electron chi connectivity index (χ1n) is 7.40. The largest absolute Gasteiger partial charge is 0.369 e. The smallest absolute Gasteiger partial charge is 0.325 e. The summed E-state index contributed by atoms with van der Waals surface area (Å²) in [6, 6.07) is 4.01. The Bertz CT molecular complexity index is 403. The number of pyridine rings is 1. The summed E-state index contributed by atoms with van der Waals surface area (Å²) in [6.07, 6.45) is 7.26. The third kappa shape index (κ3) is 4.49. The number of piperazine rings is 1. The van der Waals surface area contributed by atoms with Gasteiger partial charge < -0.3 is 9.74 Å². The number of carbonyl (C=O) groups is 1. The Morgan fingerprint density at radius 3 is 2.55 bits per heavy atom. The van der Waals surface area contributed by atoms with E-state index < -0.39 is 0 Å². The summed E-state index contributed by atoms with van der Waals surface area (Å²) in [5.41, 5.74) is 1.17. The Morgan fingerprint density at radius 2 is 1.90 bits per heavy atom. The Labute approximate surface area is 120 Å². The maximum absolute atomic E-state index is 11.7. The van der Waals surface area contributed by atoms with Gasteiger partial charge in [-0.3, -0.25) is 9.78 Å². The fourth-order valence-corrected chi connectivity index (χ4v) is 2.30. The summed E-state index contributed by atoms with van der Waals surface area (Å²) >= 11 is 0. The maximum atomic E-state index is 11.7. The molecule has 1 fully saturated rings. The summed E-state index contributed by atoms with van der Waals surface area (Å²) in [4.78, 5) is 23.3. The van der Waals surface area contributed by atoms with Gasteiger partial charge in [0, 0.05) is 37.6 Å². The van der Waals surface area contributed by atoms with E-state index >= 15 is 0 Å². The maximum Gasteiger partial charge on any atom is 0.325 e. The van der Waals surface area contributed by atoms with Crippen molar-refractivity contribution in [2.24, 2.45) is 0 Å². The molecule has 0 amide bonds. The van der Waals surface area contributed by atoms with Gasteiger partial charge in [0.25, 0.3) is 0 Å². The standard InChI is InChI=1S/C15H23N3O2/c1-2-3-4-5-15(19)20-18-12-10-17(11-13-18)14-6-8-16-9-7-14/h6-9H,2-5,10-13H2,1H3. The van der Waals surface area contributed by atoms with Crippen LogP contribution in [0.25, 0.3) is 0 Å². The summed E-state index contributed by atoms with van der Waals surface area (Å²) in [5.74, 6) is -0.101. The molecule has 1 saturated heterocycles. The van der Waals surface area contributed by atoms with Crippen LogP contribution in [-0.4, -0.2) is 42.2 Å². The SMILES string of the molecule is CCCCCC(=O)ON1CCN(c2ccncc2)CC1. The molecular weight excluding hydrogens is 254 g/mol. The van der Waals surface area contributed by atoms with Crippen molar-refractivity contribution in [2.75, 3.05) is 31.1 Å². The van der Waals surface area contributed by atoms with Crippen LogP contribution in [-0.2, 0) is 9.63 Å². The van der Waals surface area contributed by atoms with E-state index in [9.17, 15) is 4.79 Å². The molecule has 0 spiro atoms. The summed E-state index contributed by atoms with van der Waals surface area (Å²) in [5, 5.41) is 1.78. The van der Waals surface area contributed by atoms with Crippen LogP contribution in [0.5, 0.6) is 0 Å². The third-order valence-corrected chi connectivity index (χ3v) is 3.48. The molecule has 2 rings (SSSR count). The molecule has 1 aromatic rings. The van der Waals surface area contributed by atoms with Gasteiger partial charge in [0.05, 0.1) is 13.1 Å². The van der Waals surface area contributed by atoms with Gasteiger partial charge in [-0.1, -0.05) is 19.8 Å². The van der Waals surface area contributed by atoms with Crippen LogP contribution < -0.4 is 4.90 Å². The van der Waals surface area contributed by atoms with Gasteiger partial charge >= 0.3 is 5.97 Å². The molecule has 0 aromatic carbocycles. The van der Waals surface area contributed by atoms with Crippen LogP contribution in [0.4, 0.5) is 5.69 Å². The van der Waals surface area contributed by atoms with Gasteiger partial charge in [0.15, 0.2) is 0 Å². The van der Waals surface area contributed by atoms with E-state index in [0.717, 1.165) is 45.4 Å². The number of unbranched alkanes of at least 4 members (excludes halogenated alkanes) is 2. The van der Waals surface area contributed by atoms with Crippen LogP contribution in [0.15, 0.2) is 24.5 Å². The van der Waals surface area contributed by atoms with Gasteiger partial charge in [-0.25, -0.2) is 0 Å². The lowest BCUT2D eigenvalue weighted by Crippen LogP contribution is -2.47. The molecule has 0 aliphatic carbocycles. The van der Waals surface area contributed by atoms with E-state index in [-0.39, 0.29) is 5.97 Å². The molecule has 0 saturated carbocycles. The zero-order valence-corrected chi connectivity index (χ0v) is 12.1. The first kappa shape index (κ1) is 14.8. The highest BCUT2D eigenvalue weighted by Crippen LogP contribution is 2.15. The van der Waals surface area contributed by atoms with Gasteiger partial charge in [-0.05, 0) is 18.6 Å². The highest BCUT2D eigenvalue weighted by Gasteiger charge is 2.20. The highest BCUT2D eigenvalue weighted by molar-refractivity contribution is 5.68. The van der Waals surface area contributed by atoms with Crippen LogP contribution in [0.3, 0.4) is 0 Å². The first-order chi connectivity index (χ1) is 9.79. The normalized spacial score (nSPS) is 16.1. The predicted molar refractivity (Wildman–Crippen MR) is 78.3 cm³/mol. The highest BCUT2D eigenvalue weighted by atomic mass is 16.7. The molecule has 0 bridgehead atoms. The molecule has 2 heterocycles. The fraction of sp³-hybridized carbons (Fsp3) is 0.600. The van der Waals surface area contributed by atoms with Crippen molar-refractivity contribution in [1.82, 2.24) is 10.0 Å². The first-order valence-corrected chi connectivity index (χ1v) is 7.40. The zero-order valence-electron chi connectivity index (χ0n) is 12.1. The second kappa shape index (κ2) is 7.85. The quantitative estimate of drug-likeness (QED) is 0.746. The van der Waals surface area contributed by atoms with Crippen molar-refractivity contribution < 1.29 is 9.63 Å². The number of carbonyl (C=O) groups excluding carboxylic acids is 1. The van der Waals surface area contributed by atoms with Gasteiger partial charge in [-0.2, -0.15) is 0 Å². The van der Waals surface area contributed by atoms with E-state index in [1.54, 1.807) is 17.5 Å². The Hall–Kier alpha value is -1.62. The second-order valence-corrected chi connectivity index (χ2v) is 5.04. The number of hydrogen-bond donors (Lipinski definition) is 0. The lowest BCUT2D eigenvalue weighted by atomic mass is 10.2. The van der Waals surface area contributed by atoms with Crippen molar-refractivity contribution in [3.63, 3.8) is 0 Å². The van der Waals surface area contributed by atoms with Crippen LogP contribution in [0, 0.1) is 0 Å². The number of nitrogens with zero attached hydrogens (tertiary/aromatic N) is 3. The van der Waals surface area contributed by atoms with E-state index in [1.165, 1.54) is 5.69 Å². The summed E-state index contributed by atoms with van der Waals surface area (Å²) < 4.78 is 0. The summed E-state index contributed by atoms with van der Waals surface area (Å²) in [6.45, 7) is 5.37. The molecule has 0 radical (unpaired) electrons. The lowest BCUT2D eigenvalue weighted by Gasteiger charge is -2.34. The van der Waals surface area contributed by atoms with Crippen molar-refractivity contribution in [3.8, 4) is 0 Å². The minimum Gasteiger partial charge on any atom is -0.369 e. The molecule has 5 heteroatoms. The van der Waals surface area contributed by atoms with E-state index in [0.29, 0.717) is 6.42 Å². The van der Waals surface area contributed by atoms with Crippen LogP contribution in [0.2, 0.25) is 0 Å². The molecule has 1 aliphatic rings. The molecule has 0 N–H and O–H groups in total. The third-order valence-electron chi connectivity index (χ3n) is 3.48. The summed E-state index contributed by atoms with van der Waals surface area (Å²) in [7, 11) is 0. The van der Waals surface area contributed by atoms with Crippen molar-refractivity contribution in [3.05, 3.63) is 24.5 Å². The monoisotopic (exact) mass is 277 g/mol. The van der Waals surface area contributed by atoms with E-state index in [1.807, 2.05) is 12.1 Å². The fourth-order valence-electron chi connectivity index (χ4n) is 2.30. The zero-order chi connectivity index (χ0) is 14.2. The Kier molecular flexibility index (Phi) is 5.80. The number of rotatable bonds is 6. The number of aromatic nitrogens is 1. The molecular formula is C15H23N3O2. The predicted octanol–water partition coefficient (Wildman–Crippen LogP) is 2.24. The number of hydroxylamine groups is 2. The van der Waals surface area contributed by atoms with E-state index in [2.05, 4.69) is 16.8 Å². The van der Waals surface area contributed by atoms with Crippen molar-refractivity contribution >= 4 is 11.7 Å². The molecule has 20 heavy (non-hydrogen) atoms. The average molecular weight is 277 g/mol. The minimum absolute atomic E-state index is 0.101. The number of anilines is 1. The second-order valence-electron chi connectivity index (χ2n) is 5.04. The molecule has 1 aliphatic heterocycles. The lowest BCUT2D eigenvalue weighted by molar-refractivity contribution is -0.191. The van der Waals surface area contributed by atoms with Crippen molar-refractivity contribution in [2.45, 2.75) is 32.6 Å². The molecule has 0 atom stereocenters. The minimum atomic E-state index is -0.101. The van der Waals surface area contributed by atoms with Crippen molar-refractivity contribution in [1.29, 1.82) is 0 Å². The Balaban J connectivity index is 1.70. The molecule has 1 aromatic heterocycles.